The predicted octanol–water partition coefficient (Wildman–Crippen LogP) is 5.57. The molecular formula is C16H15ClF3N. The molecule has 0 heterocycles. The average molecular weight is 314 g/mol. The van der Waals surface area contributed by atoms with E-state index in [9.17, 15) is 13.2 Å². The highest BCUT2D eigenvalue weighted by atomic mass is 35.5. The maximum Gasteiger partial charge on any atom is 0.416 e. The van der Waals surface area contributed by atoms with E-state index in [1.54, 1.807) is 0 Å². The summed E-state index contributed by atoms with van der Waals surface area (Å²) in [6.07, 6.45) is -4.37. The number of rotatable bonds is 4. The largest absolute Gasteiger partial charge is 0.416 e. The van der Waals surface area contributed by atoms with Crippen molar-refractivity contribution in [1.82, 2.24) is 0 Å². The van der Waals surface area contributed by atoms with Gasteiger partial charge in [-0.25, -0.2) is 0 Å². The highest BCUT2D eigenvalue weighted by molar-refractivity contribution is 6.33. The molecule has 0 saturated heterocycles. The van der Waals surface area contributed by atoms with Gasteiger partial charge in [-0.3, -0.25) is 0 Å². The van der Waals surface area contributed by atoms with Crippen molar-refractivity contribution in [1.29, 1.82) is 0 Å². The van der Waals surface area contributed by atoms with Gasteiger partial charge < -0.3 is 5.32 Å². The van der Waals surface area contributed by atoms with E-state index < -0.39 is 11.7 Å². The summed E-state index contributed by atoms with van der Waals surface area (Å²) < 4.78 is 38.1. The first kappa shape index (κ1) is 15.7. The van der Waals surface area contributed by atoms with E-state index in [1.165, 1.54) is 6.07 Å². The molecular weight excluding hydrogens is 299 g/mol. The lowest BCUT2D eigenvalue weighted by Crippen LogP contribution is -2.11. The number of halogens is 4. The van der Waals surface area contributed by atoms with Crippen LogP contribution in [-0.2, 0) is 6.18 Å². The Hall–Kier alpha value is -1.68. The summed E-state index contributed by atoms with van der Waals surface area (Å²) in [5.41, 5.74) is 0.712. The van der Waals surface area contributed by atoms with Crippen LogP contribution in [0.3, 0.4) is 0 Å². The fraction of sp³-hybridized carbons (Fsp3) is 0.250. The Morgan fingerprint density at radius 1 is 1.10 bits per heavy atom. The molecule has 112 valence electrons. The molecule has 0 saturated carbocycles. The summed E-state index contributed by atoms with van der Waals surface area (Å²) in [4.78, 5) is 0. The maximum absolute atomic E-state index is 12.7. The third-order valence-electron chi connectivity index (χ3n) is 3.26. The van der Waals surface area contributed by atoms with Crippen molar-refractivity contribution in [3.8, 4) is 0 Å². The fourth-order valence-electron chi connectivity index (χ4n) is 2.00. The van der Waals surface area contributed by atoms with Gasteiger partial charge in [0.05, 0.1) is 16.3 Å². The molecule has 0 spiro atoms. The predicted molar refractivity (Wildman–Crippen MR) is 79.8 cm³/mol. The minimum atomic E-state index is -4.37. The van der Waals surface area contributed by atoms with Crippen LogP contribution in [0.5, 0.6) is 0 Å². The summed E-state index contributed by atoms with van der Waals surface area (Å²) >= 11 is 5.95. The van der Waals surface area contributed by atoms with E-state index in [1.807, 2.05) is 37.3 Å². The molecule has 21 heavy (non-hydrogen) atoms. The van der Waals surface area contributed by atoms with Crippen LogP contribution < -0.4 is 5.32 Å². The Labute approximate surface area is 126 Å². The number of nitrogens with one attached hydrogen (secondary N) is 1. The third kappa shape index (κ3) is 4.14. The molecule has 1 atom stereocenters. The Bertz CT molecular complexity index is 596. The van der Waals surface area contributed by atoms with Gasteiger partial charge in [-0.05, 0) is 29.7 Å². The Morgan fingerprint density at radius 2 is 1.76 bits per heavy atom. The first-order chi connectivity index (χ1) is 9.88. The average Bonchev–Trinajstić information content (AvgIpc) is 2.45. The second-order valence-electron chi connectivity index (χ2n) is 4.89. The van der Waals surface area contributed by atoms with Gasteiger partial charge in [0.25, 0.3) is 0 Å². The van der Waals surface area contributed by atoms with Crippen molar-refractivity contribution in [3.05, 3.63) is 64.7 Å². The van der Waals surface area contributed by atoms with Crippen LogP contribution in [0.4, 0.5) is 18.9 Å². The number of hydrogen-bond acceptors (Lipinski definition) is 1. The Morgan fingerprint density at radius 3 is 2.38 bits per heavy atom. The molecule has 0 bridgehead atoms. The number of hydrogen-bond donors (Lipinski definition) is 1. The Balaban J connectivity index is 2.09. The van der Waals surface area contributed by atoms with E-state index >= 15 is 0 Å². The minimum Gasteiger partial charge on any atom is -0.383 e. The second kappa shape index (κ2) is 6.39. The highest BCUT2D eigenvalue weighted by Crippen LogP contribution is 2.34. The van der Waals surface area contributed by atoms with Gasteiger partial charge in [0.15, 0.2) is 0 Å². The lowest BCUT2D eigenvalue weighted by atomic mass is 10.0. The lowest BCUT2D eigenvalue weighted by molar-refractivity contribution is -0.137. The van der Waals surface area contributed by atoms with Gasteiger partial charge in [-0.15, -0.1) is 0 Å². The van der Waals surface area contributed by atoms with Crippen molar-refractivity contribution in [2.24, 2.45) is 0 Å². The van der Waals surface area contributed by atoms with Gasteiger partial charge in [-0.1, -0.05) is 48.9 Å². The van der Waals surface area contributed by atoms with Gasteiger partial charge in [-0.2, -0.15) is 13.2 Å². The van der Waals surface area contributed by atoms with E-state index in [0.29, 0.717) is 12.2 Å². The molecule has 1 unspecified atom stereocenters. The molecule has 0 aliphatic rings. The summed E-state index contributed by atoms with van der Waals surface area (Å²) in [6.45, 7) is 2.51. The van der Waals surface area contributed by atoms with Crippen LogP contribution in [0.25, 0.3) is 0 Å². The second-order valence-corrected chi connectivity index (χ2v) is 5.29. The first-order valence-electron chi connectivity index (χ1n) is 6.53. The zero-order valence-electron chi connectivity index (χ0n) is 11.4. The third-order valence-corrected chi connectivity index (χ3v) is 3.59. The van der Waals surface area contributed by atoms with Crippen LogP contribution in [0.2, 0.25) is 5.02 Å². The minimum absolute atomic E-state index is 0.164. The van der Waals surface area contributed by atoms with Gasteiger partial charge in [0.2, 0.25) is 0 Å². The molecule has 0 amide bonds. The van der Waals surface area contributed by atoms with Crippen molar-refractivity contribution in [2.45, 2.75) is 19.0 Å². The van der Waals surface area contributed by atoms with E-state index in [0.717, 1.165) is 17.7 Å². The van der Waals surface area contributed by atoms with Crippen LogP contribution in [0.15, 0.2) is 48.5 Å². The van der Waals surface area contributed by atoms with Crippen LogP contribution in [0, 0.1) is 0 Å². The molecule has 0 aliphatic carbocycles. The maximum atomic E-state index is 12.7. The lowest BCUT2D eigenvalue weighted by Gasteiger charge is -2.16. The van der Waals surface area contributed by atoms with E-state index in [-0.39, 0.29) is 10.9 Å². The van der Waals surface area contributed by atoms with Crippen molar-refractivity contribution >= 4 is 17.3 Å². The highest BCUT2D eigenvalue weighted by Gasteiger charge is 2.30. The quantitative estimate of drug-likeness (QED) is 0.777. The molecule has 2 rings (SSSR count). The topological polar surface area (TPSA) is 12.0 Å². The summed E-state index contributed by atoms with van der Waals surface area (Å²) in [5, 5.41) is 3.27. The summed E-state index contributed by atoms with van der Waals surface area (Å²) in [7, 11) is 0. The van der Waals surface area contributed by atoms with Crippen LogP contribution in [0.1, 0.15) is 24.0 Å². The Kier molecular flexibility index (Phi) is 4.78. The number of alkyl halides is 3. The summed E-state index contributed by atoms with van der Waals surface area (Å²) in [5.74, 6) is 0.164. The van der Waals surface area contributed by atoms with Crippen molar-refractivity contribution < 1.29 is 13.2 Å². The molecule has 0 fully saturated rings. The van der Waals surface area contributed by atoms with Crippen molar-refractivity contribution in [2.75, 3.05) is 11.9 Å². The summed E-state index contributed by atoms with van der Waals surface area (Å²) in [6, 6.07) is 13.0. The SMILES string of the molecule is CC(CNc1cc(C(F)(F)F)ccc1Cl)c1ccccc1. The van der Waals surface area contributed by atoms with Gasteiger partial charge >= 0.3 is 6.18 Å². The van der Waals surface area contributed by atoms with Gasteiger partial charge in [0, 0.05) is 6.54 Å². The number of anilines is 1. The first-order valence-corrected chi connectivity index (χ1v) is 6.91. The molecule has 0 aromatic heterocycles. The zero-order chi connectivity index (χ0) is 15.5. The van der Waals surface area contributed by atoms with E-state index in [4.69, 9.17) is 11.6 Å². The van der Waals surface area contributed by atoms with Crippen LogP contribution in [-0.4, -0.2) is 6.54 Å². The molecule has 0 radical (unpaired) electrons. The van der Waals surface area contributed by atoms with E-state index in [2.05, 4.69) is 5.32 Å². The molecule has 0 aliphatic heterocycles. The molecule has 2 aromatic carbocycles. The fourth-order valence-corrected chi connectivity index (χ4v) is 2.18. The monoisotopic (exact) mass is 313 g/mol. The van der Waals surface area contributed by atoms with Crippen LogP contribution >= 0.6 is 11.6 Å². The standard InChI is InChI=1S/C16H15ClF3N/c1-11(12-5-3-2-4-6-12)10-21-15-9-13(16(18,19)20)7-8-14(15)17/h2-9,11,21H,10H2,1H3. The molecule has 1 nitrogen and oxygen atoms in total. The van der Waals surface area contributed by atoms with Gasteiger partial charge in [0.1, 0.15) is 0 Å². The normalized spacial score (nSPS) is 13.0. The zero-order valence-corrected chi connectivity index (χ0v) is 12.2. The molecule has 5 heteroatoms. The number of benzene rings is 2. The smallest absolute Gasteiger partial charge is 0.383 e. The van der Waals surface area contributed by atoms with Crippen molar-refractivity contribution in [3.63, 3.8) is 0 Å². The molecule has 1 N–H and O–H groups in total. The molecule has 2 aromatic rings.